The van der Waals surface area contributed by atoms with Crippen molar-refractivity contribution >= 4 is 5.71 Å². The van der Waals surface area contributed by atoms with Crippen LogP contribution in [-0.2, 0) is 4.84 Å². The first kappa shape index (κ1) is 9.02. The van der Waals surface area contributed by atoms with Crippen LogP contribution in [0, 0.1) is 0 Å². The molecule has 0 aromatic heterocycles. The number of aliphatic hydroxyl groups is 1. The molecular weight excluding hydrogens is 182 g/mol. The van der Waals surface area contributed by atoms with Gasteiger partial charge in [0.15, 0.2) is 6.10 Å². The van der Waals surface area contributed by atoms with Crippen molar-refractivity contribution in [3.8, 4) is 5.75 Å². The van der Waals surface area contributed by atoms with Gasteiger partial charge in [0.2, 0.25) is 0 Å². The maximum Gasteiger partial charge on any atom is 0.156 e. The standard InChI is InChI=1S/C10H11NO3/c12-6-7-5-9(11-14-7)8-3-1-2-4-10(8)13/h1-4,7,12-13H,5-6H2. The predicted molar refractivity (Wildman–Crippen MR) is 51.2 cm³/mol. The predicted octanol–water partition coefficient (Wildman–Crippen LogP) is 0.877. The Morgan fingerprint density at radius 3 is 2.86 bits per heavy atom. The number of phenols is 1. The monoisotopic (exact) mass is 193 g/mol. The average molecular weight is 193 g/mol. The van der Waals surface area contributed by atoms with E-state index >= 15 is 0 Å². The lowest BCUT2D eigenvalue weighted by Crippen LogP contribution is -2.12. The van der Waals surface area contributed by atoms with Gasteiger partial charge in [0.1, 0.15) is 5.75 Å². The second-order valence-electron chi connectivity index (χ2n) is 3.17. The minimum absolute atomic E-state index is 0.0550. The summed E-state index contributed by atoms with van der Waals surface area (Å²) in [5.74, 6) is 0.188. The van der Waals surface area contributed by atoms with Crippen LogP contribution < -0.4 is 0 Å². The van der Waals surface area contributed by atoms with Crippen molar-refractivity contribution in [2.45, 2.75) is 12.5 Å². The lowest BCUT2D eigenvalue weighted by atomic mass is 10.0. The molecule has 0 bridgehead atoms. The van der Waals surface area contributed by atoms with E-state index < -0.39 is 0 Å². The number of benzene rings is 1. The first-order valence-corrected chi connectivity index (χ1v) is 4.43. The van der Waals surface area contributed by atoms with Crippen LogP contribution in [0.15, 0.2) is 29.4 Å². The molecule has 14 heavy (non-hydrogen) atoms. The average Bonchev–Trinajstić information content (AvgIpc) is 2.67. The van der Waals surface area contributed by atoms with E-state index in [1.165, 1.54) is 0 Å². The van der Waals surface area contributed by atoms with Gasteiger partial charge in [-0.3, -0.25) is 0 Å². The molecular formula is C10H11NO3. The molecule has 0 radical (unpaired) electrons. The van der Waals surface area contributed by atoms with Crippen molar-refractivity contribution < 1.29 is 15.1 Å². The third kappa shape index (κ3) is 1.56. The number of rotatable bonds is 2. The maximum atomic E-state index is 9.53. The summed E-state index contributed by atoms with van der Waals surface area (Å²) < 4.78 is 0. The number of nitrogens with zero attached hydrogens (tertiary/aromatic N) is 1. The molecule has 4 nitrogen and oxygen atoms in total. The van der Waals surface area contributed by atoms with Gasteiger partial charge in [-0.2, -0.15) is 0 Å². The molecule has 0 saturated heterocycles. The molecule has 1 aromatic rings. The van der Waals surface area contributed by atoms with Crippen molar-refractivity contribution in [1.29, 1.82) is 0 Å². The quantitative estimate of drug-likeness (QED) is 0.732. The van der Waals surface area contributed by atoms with E-state index in [9.17, 15) is 5.11 Å². The minimum atomic E-state index is -0.274. The van der Waals surface area contributed by atoms with Gasteiger partial charge in [-0.15, -0.1) is 0 Å². The van der Waals surface area contributed by atoms with Crippen molar-refractivity contribution in [1.82, 2.24) is 0 Å². The van der Waals surface area contributed by atoms with Crippen molar-refractivity contribution in [3.05, 3.63) is 29.8 Å². The van der Waals surface area contributed by atoms with Crippen LogP contribution >= 0.6 is 0 Å². The van der Waals surface area contributed by atoms with Gasteiger partial charge in [0.05, 0.1) is 12.3 Å². The Kier molecular flexibility index (Phi) is 2.37. The van der Waals surface area contributed by atoms with Gasteiger partial charge in [-0.25, -0.2) is 0 Å². The third-order valence-electron chi connectivity index (χ3n) is 2.15. The number of hydrogen-bond acceptors (Lipinski definition) is 4. The van der Waals surface area contributed by atoms with Gasteiger partial charge in [0, 0.05) is 12.0 Å². The fraction of sp³-hybridized carbons (Fsp3) is 0.300. The molecule has 1 heterocycles. The molecule has 1 atom stereocenters. The lowest BCUT2D eigenvalue weighted by molar-refractivity contribution is 0.0390. The Hall–Kier alpha value is -1.55. The fourth-order valence-corrected chi connectivity index (χ4v) is 1.40. The molecule has 2 N–H and O–H groups in total. The van der Waals surface area contributed by atoms with E-state index in [0.717, 1.165) is 0 Å². The molecule has 0 saturated carbocycles. The normalized spacial score (nSPS) is 20.4. The number of phenolic OH excluding ortho intramolecular Hbond substituents is 1. The summed E-state index contributed by atoms with van der Waals surface area (Å²) in [6.07, 6.45) is 0.262. The highest BCUT2D eigenvalue weighted by Gasteiger charge is 2.22. The number of aromatic hydroxyl groups is 1. The van der Waals surface area contributed by atoms with Gasteiger partial charge >= 0.3 is 0 Å². The Bertz CT molecular complexity index is 362. The van der Waals surface area contributed by atoms with E-state index in [-0.39, 0.29) is 18.5 Å². The maximum absolute atomic E-state index is 9.53. The highest BCUT2D eigenvalue weighted by atomic mass is 16.6. The molecule has 0 fully saturated rings. The fourth-order valence-electron chi connectivity index (χ4n) is 1.40. The van der Waals surface area contributed by atoms with Crippen molar-refractivity contribution in [3.63, 3.8) is 0 Å². The van der Waals surface area contributed by atoms with E-state index in [2.05, 4.69) is 5.16 Å². The molecule has 1 unspecified atom stereocenters. The minimum Gasteiger partial charge on any atom is -0.507 e. The zero-order valence-electron chi connectivity index (χ0n) is 7.55. The second kappa shape index (κ2) is 3.67. The Morgan fingerprint density at radius 2 is 2.21 bits per heavy atom. The Labute approximate surface area is 81.4 Å². The van der Waals surface area contributed by atoms with Gasteiger partial charge in [0.25, 0.3) is 0 Å². The van der Waals surface area contributed by atoms with Crippen molar-refractivity contribution in [2.24, 2.45) is 5.16 Å². The van der Waals surface area contributed by atoms with Crippen LogP contribution in [0.2, 0.25) is 0 Å². The smallest absolute Gasteiger partial charge is 0.156 e. The third-order valence-corrected chi connectivity index (χ3v) is 2.15. The van der Waals surface area contributed by atoms with Crippen LogP contribution in [0.5, 0.6) is 5.75 Å². The highest BCUT2D eigenvalue weighted by Crippen LogP contribution is 2.23. The molecule has 2 rings (SSSR count). The Morgan fingerprint density at radius 1 is 1.43 bits per heavy atom. The van der Waals surface area contributed by atoms with Crippen molar-refractivity contribution in [2.75, 3.05) is 6.61 Å². The van der Waals surface area contributed by atoms with E-state index in [1.54, 1.807) is 18.2 Å². The molecule has 1 aliphatic heterocycles. The Balaban J connectivity index is 2.22. The number of oxime groups is 1. The first-order valence-electron chi connectivity index (χ1n) is 4.43. The summed E-state index contributed by atoms with van der Waals surface area (Å²) in [4.78, 5) is 4.95. The molecule has 74 valence electrons. The van der Waals surface area contributed by atoms with Crippen LogP contribution in [0.25, 0.3) is 0 Å². The van der Waals surface area contributed by atoms with Crippen LogP contribution in [0.3, 0.4) is 0 Å². The molecule has 0 amide bonds. The molecule has 0 spiro atoms. The summed E-state index contributed by atoms with van der Waals surface area (Å²) in [7, 11) is 0. The number of aliphatic hydroxyl groups excluding tert-OH is 1. The van der Waals surface area contributed by atoms with E-state index in [0.29, 0.717) is 17.7 Å². The topological polar surface area (TPSA) is 62.0 Å². The summed E-state index contributed by atoms with van der Waals surface area (Å²) in [5, 5.41) is 22.2. The zero-order valence-corrected chi connectivity index (χ0v) is 7.55. The molecule has 1 aliphatic rings. The molecule has 4 heteroatoms. The van der Waals surface area contributed by atoms with Gasteiger partial charge in [-0.1, -0.05) is 17.3 Å². The summed E-state index contributed by atoms with van der Waals surface area (Å²) in [6.45, 7) is -0.0550. The summed E-state index contributed by atoms with van der Waals surface area (Å²) in [6, 6.07) is 6.95. The van der Waals surface area contributed by atoms with Crippen LogP contribution in [-0.4, -0.2) is 28.6 Å². The zero-order chi connectivity index (χ0) is 9.97. The van der Waals surface area contributed by atoms with E-state index in [4.69, 9.17) is 9.94 Å². The highest BCUT2D eigenvalue weighted by molar-refractivity contribution is 6.03. The summed E-state index contributed by atoms with van der Waals surface area (Å²) in [5.41, 5.74) is 1.35. The van der Waals surface area contributed by atoms with Gasteiger partial charge < -0.3 is 15.1 Å². The largest absolute Gasteiger partial charge is 0.507 e. The van der Waals surface area contributed by atoms with Gasteiger partial charge in [-0.05, 0) is 12.1 Å². The SMILES string of the molecule is OCC1CC(c2ccccc2O)=NO1. The van der Waals surface area contributed by atoms with E-state index in [1.807, 2.05) is 6.07 Å². The molecule has 1 aromatic carbocycles. The lowest BCUT2D eigenvalue weighted by Gasteiger charge is -2.02. The van der Waals surface area contributed by atoms with Crippen LogP contribution in [0.1, 0.15) is 12.0 Å². The summed E-state index contributed by atoms with van der Waals surface area (Å²) >= 11 is 0. The molecule has 0 aliphatic carbocycles. The first-order chi connectivity index (χ1) is 6.81. The van der Waals surface area contributed by atoms with Crippen LogP contribution in [0.4, 0.5) is 0 Å². The number of hydrogen-bond donors (Lipinski definition) is 2. The number of para-hydroxylation sites is 1. The second-order valence-corrected chi connectivity index (χ2v) is 3.17.